The van der Waals surface area contributed by atoms with Crippen LogP contribution in [0.15, 0.2) is 12.1 Å². The molecule has 20 heavy (non-hydrogen) atoms. The number of hydrogen-bond donors (Lipinski definition) is 0. The Morgan fingerprint density at radius 3 is 2.20 bits per heavy atom. The molecule has 0 radical (unpaired) electrons. The molecule has 0 unspecified atom stereocenters. The first-order chi connectivity index (χ1) is 9.61. The van der Waals surface area contributed by atoms with Crippen LogP contribution in [-0.4, -0.2) is 0 Å². The minimum atomic E-state index is -0.685. The Bertz CT molecular complexity index is 437. The van der Waals surface area contributed by atoms with E-state index in [1.807, 2.05) is 22.6 Å². The van der Waals surface area contributed by atoms with E-state index in [1.165, 1.54) is 38.5 Å². The van der Waals surface area contributed by atoms with Crippen molar-refractivity contribution in [3.8, 4) is 0 Å². The number of halogens is 3. The molecule has 2 rings (SSSR count). The summed E-state index contributed by atoms with van der Waals surface area (Å²) in [5, 5.41) is 0. The molecule has 0 heterocycles. The molecule has 1 fully saturated rings. The van der Waals surface area contributed by atoms with Crippen LogP contribution in [0.25, 0.3) is 0 Å². The summed E-state index contributed by atoms with van der Waals surface area (Å²) in [6.07, 6.45) is 9.47. The highest BCUT2D eigenvalue weighted by molar-refractivity contribution is 14.1. The Morgan fingerprint density at radius 2 is 1.60 bits per heavy atom. The summed E-state index contributed by atoms with van der Waals surface area (Å²) in [5.74, 6) is 0.278. The van der Waals surface area contributed by atoms with Gasteiger partial charge >= 0.3 is 0 Å². The van der Waals surface area contributed by atoms with E-state index >= 15 is 0 Å². The Balaban J connectivity index is 1.83. The van der Waals surface area contributed by atoms with Crippen molar-refractivity contribution >= 4 is 22.6 Å². The van der Waals surface area contributed by atoms with Crippen LogP contribution in [0.4, 0.5) is 8.78 Å². The molecule has 1 aliphatic carbocycles. The Kier molecular flexibility index (Phi) is 6.24. The second kappa shape index (κ2) is 7.71. The predicted octanol–water partition coefficient (Wildman–Crippen LogP) is 6.11. The van der Waals surface area contributed by atoms with E-state index in [1.54, 1.807) is 12.1 Å². The average Bonchev–Trinajstić information content (AvgIpc) is 2.46. The zero-order valence-electron chi connectivity index (χ0n) is 12.1. The van der Waals surface area contributed by atoms with Crippen molar-refractivity contribution in [3.05, 3.63) is 32.9 Å². The first-order valence-corrected chi connectivity index (χ1v) is 8.82. The monoisotopic (exact) mass is 392 g/mol. The van der Waals surface area contributed by atoms with Crippen LogP contribution < -0.4 is 0 Å². The molecule has 1 saturated carbocycles. The van der Waals surface area contributed by atoms with E-state index in [9.17, 15) is 8.78 Å². The van der Waals surface area contributed by atoms with Crippen LogP contribution in [0.5, 0.6) is 0 Å². The van der Waals surface area contributed by atoms with Crippen molar-refractivity contribution in [1.82, 2.24) is 0 Å². The van der Waals surface area contributed by atoms with E-state index in [2.05, 4.69) is 6.92 Å². The summed E-state index contributed by atoms with van der Waals surface area (Å²) in [4.78, 5) is 0. The predicted molar refractivity (Wildman–Crippen MR) is 87.8 cm³/mol. The van der Waals surface area contributed by atoms with Gasteiger partial charge in [0.1, 0.15) is 0 Å². The van der Waals surface area contributed by atoms with Gasteiger partial charge in [0.2, 0.25) is 0 Å². The lowest BCUT2D eigenvalue weighted by atomic mass is 9.78. The fourth-order valence-corrected chi connectivity index (χ4v) is 3.75. The molecule has 0 spiro atoms. The fraction of sp³-hybridized carbons (Fsp3) is 0.647. The minimum absolute atomic E-state index is 0.365. The molecule has 0 N–H and O–H groups in total. The molecule has 0 aromatic heterocycles. The summed E-state index contributed by atoms with van der Waals surface area (Å²) >= 11 is 1.83. The average molecular weight is 392 g/mol. The second-order valence-electron chi connectivity index (χ2n) is 6.05. The Morgan fingerprint density at radius 1 is 1.00 bits per heavy atom. The standard InChI is InChI=1S/C17H23F2I/c1-2-3-12-4-6-13(7-5-12)8-9-14-10-11-15(20)17(19)16(14)18/h10-13H,2-9H2,1H3. The van der Waals surface area contributed by atoms with Gasteiger partial charge in [0.05, 0.1) is 3.57 Å². The number of aryl methyl sites for hydroxylation is 1. The number of rotatable bonds is 5. The molecule has 0 nitrogen and oxygen atoms in total. The maximum absolute atomic E-state index is 13.8. The molecule has 0 bridgehead atoms. The van der Waals surface area contributed by atoms with Crippen molar-refractivity contribution in [3.63, 3.8) is 0 Å². The molecule has 1 aromatic carbocycles. The summed E-state index contributed by atoms with van der Waals surface area (Å²) in [5.41, 5.74) is 0.540. The highest BCUT2D eigenvalue weighted by atomic mass is 127. The van der Waals surface area contributed by atoms with Gasteiger partial charge in [-0.25, -0.2) is 8.78 Å². The lowest BCUT2D eigenvalue weighted by Gasteiger charge is -2.28. The maximum Gasteiger partial charge on any atom is 0.172 e. The van der Waals surface area contributed by atoms with Crippen LogP contribution in [0.1, 0.15) is 57.4 Å². The van der Waals surface area contributed by atoms with Crippen molar-refractivity contribution in [1.29, 1.82) is 0 Å². The molecule has 0 saturated heterocycles. The van der Waals surface area contributed by atoms with Crippen molar-refractivity contribution in [2.45, 2.75) is 58.3 Å². The largest absolute Gasteiger partial charge is 0.203 e. The number of hydrogen-bond acceptors (Lipinski definition) is 0. The molecular weight excluding hydrogens is 369 g/mol. The maximum atomic E-state index is 13.8. The highest BCUT2D eigenvalue weighted by Gasteiger charge is 2.21. The van der Waals surface area contributed by atoms with Gasteiger partial charge in [-0.3, -0.25) is 0 Å². The van der Waals surface area contributed by atoms with Gasteiger partial charge in [0, 0.05) is 0 Å². The molecule has 112 valence electrons. The summed E-state index contributed by atoms with van der Waals surface area (Å²) in [6.45, 7) is 2.25. The first-order valence-electron chi connectivity index (χ1n) is 7.74. The quantitative estimate of drug-likeness (QED) is 0.419. The topological polar surface area (TPSA) is 0 Å². The third kappa shape index (κ3) is 4.15. The van der Waals surface area contributed by atoms with E-state index in [4.69, 9.17) is 0 Å². The van der Waals surface area contributed by atoms with Crippen LogP contribution in [0, 0.1) is 27.0 Å². The number of benzene rings is 1. The van der Waals surface area contributed by atoms with E-state index < -0.39 is 11.6 Å². The summed E-state index contributed by atoms with van der Waals surface area (Å²) < 4.78 is 27.7. The van der Waals surface area contributed by atoms with E-state index in [-0.39, 0.29) is 0 Å². The van der Waals surface area contributed by atoms with Crippen LogP contribution in [0.2, 0.25) is 0 Å². The molecule has 0 atom stereocenters. The molecule has 1 aromatic rings. The van der Waals surface area contributed by atoms with E-state index in [0.29, 0.717) is 21.5 Å². The third-order valence-electron chi connectivity index (χ3n) is 4.60. The summed E-state index contributed by atoms with van der Waals surface area (Å²) in [7, 11) is 0. The zero-order chi connectivity index (χ0) is 14.5. The molecule has 0 aliphatic heterocycles. The normalized spacial score (nSPS) is 23.0. The molecule has 3 heteroatoms. The van der Waals surface area contributed by atoms with Crippen molar-refractivity contribution in [2.24, 2.45) is 11.8 Å². The lowest BCUT2D eigenvalue weighted by Crippen LogP contribution is -2.15. The van der Waals surface area contributed by atoms with Gasteiger partial charge in [0.25, 0.3) is 0 Å². The second-order valence-corrected chi connectivity index (χ2v) is 7.21. The molecule has 1 aliphatic rings. The van der Waals surface area contributed by atoms with Crippen LogP contribution in [-0.2, 0) is 6.42 Å². The molecular formula is C17H23F2I. The van der Waals surface area contributed by atoms with Crippen LogP contribution >= 0.6 is 22.6 Å². The summed E-state index contributed by atoms with van der Waals surface area (Å²) in [6, 6.07) is 3.41. The van der Waals surface area contributed by atoms with Gasteiger partial charge in [-0.1, -0.05) is 51.5 Å². The molecule has 0 amide bonds. The van der Waals surface area contributed by atoms with Gasteiger partial charge in [-0.15, -0.1) is 0 Å². The smallest absolute Gasteiger partial charge is 0.172 e. The zero-order valence-corrected chi connectivity index (χ0v) is 14.3. The minimum Gasteiger partial charge on any atom is -0.203 e. The van der Waals surface area contributed by atoms with E-state index in [0.717, 1.165) is 12.3 Å². The Hall–Kier alpha value is -0.190. The van der Waals surface area contributed by atoms with Crippen molar-refractivity contribution in [2.75, 3.05) is 0 Å². The van der Waals surface area contributed by atoms with Crippen LogP contribution in [0.3, 0.4) is 0 Å². The highest BCUT2D eigenvalue weighted by Crippen LogP contribution is 2.34. The van der Waals surface area contributed by atoms with Crippen molar-refractivity contribution < 1.29 is 8.78 Å². The fourth-order valence-electron chi connectivity index (χ4n) is 3.34. The Labute approximate surface area is 134 Å². The van der Waals surface area contributed by atoms with Gasteiger partial charge in [0.15, 0.2) is 11.6 Å². The van der Waals surface area contributed by atoms with Gasteiger partial charge in [-0.2, -0.15) is 0 Å². The first kappa shape index (κ1) is 16.2. The third-order valence-corrected chi connectivity index (χ3v) is 5.43. The lowest BCUT2D eigenvalue weighted by molar-refractivity contribution is 0.251. The van der Waals surface area contributed by atoms with Gasteiger partial charge in [-0.05, 0) is 58.9 Å². The SMILES string of the molecule is CCCC1CCC(CCc2ccc(I)c(F)c2F)CC1. The van der Waals surface area contributed by atoms with Gasteiger partial charge < -0.3 is 0 Å².